The molecule has 3 nitrogen and oxygen atoms in total. The molecule has 1 unspecified atom stereocenters. The Morgan fingerprint density at radius 2 is 2.00 bits per heavy atom. The second kappa shape index (κ2) is 5.60. The number of aryl methyl sites for hydroxylation is 1. The largest absolute Gasteiger partial charge is 0.459 e. The first-order valence-corrected chi connectivity index (χ1v) is 7.29. The summed E-state index contributed by atoms with van der Waals surface area (Å²) in [5, 5.41) is 0.716. The summed E-state index contributed by atoms with van der Waals surface area (Å²) in [7, 11) is 0. The summed E-state index contributed by atoms with van der Waals surface area (Å²) in [4.78, 5) is 0. The van der Waals surface area contributed by atoms with E-state index in [0.29, 0.717) is 16.7 Å². The minimum Gasteiger partial charge on any atom is -0.459 e. The molecule has 2 aromatic carbocycles. The van der Waals surface area contributed by atoms with Crippen LogP contribution in [0.1, 0.15) is 22.9 Å². The van der Waals surface area contributed by atoms with Gasteiger partial charge in [0.1, 0.15) is 23.2 Å². The van der Waals surface area contributed by atoms with Crippen LogP contribution in [-0.2, 0) is 0 Å². The number of benzene rings is 2. The Morgan fingerprint density at radius 3 is 2.71 bits per heavy atom. The number of nitrogens with one attached hydrogen (secondary N) is 1. The fourth-order valence-electron chi connectivity index (χ4n) is 2.37. The Balaban J connectivity index is 2.09. The van der Waals surface area contributed by atoms with Crippen molar-refractivity contribution in [2.45, 2.75) is 13.0 Å². The van der Waals surface area contributed by atoms with Crippen molar-refractivity contribution in [3.8, 4) is 0 Å². The lowest BCUT2D eigenvalue weighted by atomic mass is 10.0. The minimum atomic E-state index is -0.310. The van der Waals surface area contributed by atoms with Gasteiger partial charge >= 0.3 is 0 Å². The number of fused-ring (bicyclic) bond motifs is 1. The van der Waals surface area contributed by atoms with Crippen molar-refractivity contribution < 1.29 is 8.81 Å². The van der Waals surface area contributed by atoms with Crippen molar-refractivity contribution in [3.63, 3.8) is 0 Å². The van der Waals surface area contributed by atoms with E-state index in [1.54, 1.807) is 12.1 Å². The van der Waals surface area contributed by atoms with Crippen LogP contribution in [0.4, 0.5) is 4.39 Å². The highest BCUT2D eigenvalue weighted by Crippen LogP contribution is 2.32. The van der Waals surface area contributed by atoms with Crippen LogP contribution in [-0.4, -0.2) is 0 Å². The monoisotopic (exact) mass is 348 g/mol. The first kappa shape index (κ1) is 14.3. The van der Waals surface area contributed by atoms with E-state index in [1.807, 2.05) is 25.1 Å². The van der Waals surface area contributed by atoms with Gasteiger partial charge in [0.15, 0.2) is 0 Å². The first-order chi connectivity index (χ1) is 10.1. The van der Waals surface area contributed by atoms with Crippen LogP contribution in [0.5, 0.6) is 0 Å². The summed E-state index contributed by atoms with van der Waals surface area (Å²) in [5.74, 6) is 6.04. The summed E-state index contributed by atoms with van der Waals surface area (Å²) in [6.07, 6.45) is 0. The smallest absolute Gasteiger partial charge is 0.134 e. The van der Waals surface area contributed by atoms with Crippen LogP contribution in [0.3, 0.4) is 0 Å². The number of halogens is 2. The maximum Gasteiger partial charge on any atom is 0.134 e. The summed E-state index contributed by atoms with van der Waals surface area (Å²) < 4.78 is 20.0. The van der Waals surface area contributed by atoms with Crippen molar-refractivity contribution >= 4 is 26.9 Å². The number of nitrogens with two attached hydrogens (primary N) is 1. The summed E-state index contributed by atoms with van der Waals surface area (Å²) in [5.41, 5.74) is 5.49. The fourth-order valence-corrected chi connectivity index (χ4v) is 3.09. The van der Waals surface area contributed by atoms with Crippen LogP contribution in [0, 0.1) is 12.7 Å². The molecule has 3 aromatic rings. The van der Waals surface area contributed by atoms with E-state index in [1.165, 1.54) is 12.1 Å². The van der Waals surface area contributed by atoms with Crippen LogP contribution in [0.25, 0.3) is 11.0 Å². The number of hydrogen-bond donors (Lipinski definition) is 2. The molecule has 3 N–H and O–H groups in total. The van der Waals surface area contributed by atoms with E-state index in [9.17, 15) is 4.39 Å². The van der Waals surface area contributed by atoms with Crippen LogP contribution in [0.2, 0.25) is 0 Å². The van der Waals surface area contributed by atoms with E-state index >= 15 is 0 Å². The maximum atomic E-state index is 13.3. The Morgan fingerprint density at radius 1 is 1.19 bits per heavy atom. The molecule has 0 fully saturated rings. The quantitative estimate of drug-likeness (QED) is 0.551. The molecule has 0 radical (unpaired) electrons. The fraction of sp³-hybridized carbons (Fsp3) is 0.125. The Bertz CT molecular complexity index is 800. The van der Waals surface area contributed by atoms with Gasteiger partial charge in [-0.3, -0.25) is 5.84 Å². The maximum absolute atomic E-state index is 13.3. The van der Waals surface area contributed by atoms with Crippen LogP contribution in [0.15, 0.2) is 51.4 Å². The predicted molar refractivity (Wildman–Crippen MR) is 84.2 cm³/mol. The summed E-state index contributed by atoms with van der Waals surface area (Å²) in [6, 6.07) is 11.9. The first-order valence-electron chi connectivity index (χ1n) is 6.49. The van der Waals surface area contributed by atoms with Gasteiger partial charge in [-0.25, -0.2) is 9.82 Å². The van der Waals surface area contributed by atoms with Crippen molar-refractivity contribution in [2.75, 3.05) is 0 Å². The third-order valence-corrected chi connectivity index (χ3v) is 4.10. The molecule has 21 heavy (non-hydrogen) atoms. The summed E-state index contributed by atoms with van der Waals surface area (Å²) in [6.45, 7) is 2.02. The van der Waals surface area contributed by atoms with Crippen LogP contribution >= 0.6 is 15.9 Å². The second-order valence-electron chi connectivity index (χ2n) is 4.96. The lowest BCUT2D eigenvalue weighted by Gasteiger charge is -2.15. The van der Waals surface area contributed by atoms with E-state index in [-0.39, 0.29) is 11.9 Å². The molecule has 1 atom stereocenters. The highest BCUT2D eigenvalue weighted by atomic mass is 79.9. The van der Waals surface area contributed by atoms with Gasteiger partial charge in [-0.05, 0) is 48.4 Å². The van der Waals surface area contributed by atoms with E-state index in [0.717, 1.165) is 15.6 Å². The molecule has 0 aliphatic carbocycles. The Labute approximate surface area is 130 Å². The molecule has 0 aliphatic heterocycles. The van der Waals surface area contributed by atoms with Gasteiger partial charge < -0.3 is 4.42 Å². The normalized spacial score (nSPS) is 12.8. The third kappa shape index (κ3) is 2.72. The van der Waals surface area contributed by atoms with Crippen molar-refractivity contribution in [1.29, 1.82) is 0 Å². The molecule has 1 aromatic heterocycles. The standard InChI is InChI=1S/C16H14BrFN2O/c1-9-2-4-12(13(17)6-9)16(20-19)15-8-10-7-11(18)3-5-14(10)21-15/h2-8,16,20H,19H2,1H3. The molecular formula is C16H14BrFN2O. The van der Waals surface area contributed by atoms with E-state index < -0.39 is 0 Å². The van der Waals surface area contributed by atoms with Gasteiger partial charge in [0, 0.05) is 9.86 Å². The topological polar surface area (TPSA) is 51.2 Å². The van der Waals surface area contributed by atoms with Gasteiger partial charge in [0.2, 0.25) is 0 Å². The zero-order valence-corrected chi connectivity index (χ0v) is 12.9. The van der Waals surface area contributed by atoms with E-state index in [4.69, 9.17) is 10.3 Å². The van der Waals surface area contributed by atoms with Gasteiger partial charge in [0.05, 0.1) is 0 Å². The molecule has 108 valence electrons. The number of rotatable bonds is 3. The predicted octanol–water partition coefficient (Wildman–Crippen LogP) is 4.20. The molecule has 0 amide bonds. The Hall–Kier alpha value is -1.69. The number of hydrogen-bond acceptors (Lipinski definition) is 3. The zero-order valence-electron chi connectivity index (χ0n) is 11.4. The molecule has 0 saturated carbocycles. The van der Waals surface area contributed by atoms with Crippen molar-refractivity contribution in [1.82, 2.24) is 5.43 Å². The van der Waals surface area contributed by atoms with Gasteiger partial charge in [-0.15, -0.1) is 0 Å². The molecule has 0 aliphatic rings. The highest BCUT2D eigenvalue weighted by Gasteiger charge is 2.19. The summed E-state index contributed by atoms with van der Waals surface area (Å²) >= 11 is 3.54. The second-order valence-corrected chi connectivity index (χ2v) is 5.81. The molecule has 0 bridgehead atoms. The minimum absolute atomic E-state index is 0.288. The third-order valence-electron chi connectivity index (χ3n) is 3.42. The van der Waals surface area contributed by atoms with Crippen molar-refractivity contribution in [3.05, 3.63) is 69.6 Å². The average molecular weight is 349 g/mol. The lowest BCUT2D eigenvalue weighted by molar-refractivity contribution is 0.476. The molecule has 1 heterocycles. The Kier molecular flexibility index (Phi) is 3.80. The highest BCUT2D eigenvalue weighted by molar-refractivity contribution is 9.10. The lowest BCUT2D eigenvalue weighted by Crippen LogP contribution is -2.28. The average Bonchev–Trinajstić information content (AvgIpc) is 2.84. The van der Waals surface area contributed by atoms with Crippen LogP contribution < -0.4 is 11.3 Å². The molecule has 0 saturated heterocycles. The van der Waals surface area contributed by atoms with Gasteiger partial charge in [0.25, 0.3) is 0 Å². The SMILES string of the molecule is Cc1ccc(C(NN)c2cc3cc(F)ccc3o2)c(Br)c1. The van der Waals surface area contributed by atoms with E-state index in [2.05, 4.69) is 21.4 Å². The number of hydrazine groups is 1. The molecule has 0 spiro atoms. The molecule has 3 rings (SSSR count). The molecular weight excluding hydrogens is 335 g/mol. The molecule has 5 heteroatoms. The van der Waals surface area contributed by atoms with Crippen molar-refractivity contribution in [2.24, 2.45) is 5.84 Å². The van der Waals surface area contributed by atoms with Gasteiger partial charge in [-0.1, -0.05) is 28.1 Å². The number of furan rings is 1. The zero-order chi connectivity index (χ0) is 15.0. The van der Waals surface area contributed by atoms with Gasteiger partial charge in [-0.2, -0.15) is 0 Å².